The number of rotatable bonds is 4. The Labute approximate surface area is 155 Å². The van der Waals surface area contributed by atoms with E-state index in [4.69, 9.17) is 0 Å². The molecule has 0 amide bonds. The summed E-state index contributed by atoms with van der Waals surface area (Å²) in [7, 11) is 0. The van der Waals surface area contributed by atoms with E-state index in [1.807, 2.05) is 11.4 Å². The minimum atomic E-state index is 0.477. The first-order valence-electron chi connectivity index (χ1n) is 9.62. The fourth-order valence-corrected chi connectivity index (χ4v) is 4.09. The highest BCUT2D eigenvalue weighted by Crippen LogP contribution is 2.28. The monoisotopic (exact) mass is 349 g/mol. The molecule has 0 bridgehead atoms. The molecule has 0 spiro atoms. The molecule has 4 rings (SSSR count). The van der Waals surface area contributed by atoms with Gasteiger partial charge >= 0.3 is 0 Å². The molecule has 1 unspecified atom stereocenters. The Bertz CT molecular complexity index is 914. The maximum atomic E-state index is 4.48. The van der Waals surface area contributed by atoms with Crippen molar-refractivity contribution in [3.05, 3.63) is 58.7 Å². The van der Waals surface area contributed by atoms with E-state index >= 15 is 0 Å². The van der Waals surface area contributed by atoms with Gasteiger partial charge in [-0.2, -0.15) is 10.1 Å². The normalized spacial score (nSPS) is 18.5. The fourth-order valence-electron chi connectivity index (χ4n) is 4.09. The van der Waals surface area contributed by atoms with Crippen LogP contribution < -0.4 is 0 Å². The maximum Gasteiger partial charge on any atom is 0.252 e. The number of aromatic nitrogens is 4. The molecule has 1 aliphatic heterocycles. The van der Waals surface area contributed by atoms with E-state index in [0.29, 0.717) is 11.7 Å². The van der Waals surface area contributed by atoms with Crippen molar-refractivity contribution >= 4 is 5.78 Å². The van der Waals surface area contributed by atoms with Crippen LogP contribution in [0.3, 0.4) is 0 Å². The largest absolute Gasteiger partial charge is 0.298 e. The van der Waals surface area contributed by atoms with E-state index in [1.54, 1.807) is 6.33 Å². The van der Waals surface area contributed by atoms with E-state index in [0.717, 1.165) is 31.7 Å². The molecular weight excluding hydrogens is 322 g/mol. The van der Waals surface area contributed by atoms with Crippen molar-refractivity contribution in [2.24, 2.45) is 0 Å². The number of nitrogens with zero attached hydrogens (tertiary/aromatic N) is 5. The Morgan fingerprint density at radius 2 is 2.08 bits per heavy atom. The molecule has 2 aromatic heterocycles. The third kappa shape index (κ3) is 3.36. The number of aryl methyl sites for hydroxylation is 3. The standard InChI is InChI=1S/C21H27N5/c1-4-17-7-8-18(15(2)10-17)12-25-9-5-6-19(13-25)20-11-16(3)24-21-22-14-23-26(20)21/h7-8,10-11,14,19H,4-6,9,12-13H2,1-3H3. The lowest BCUT2D eigenvalue weighted by molar-refractivity contribution is 0.197. The van der Waals surface area contributed by atoms with Gasteiger partial charge in [0, 0.05) is 24.7 Å². The molecule has 0 N–H and O–H groups in total. The molecule has 1 fully saturated rings. The minimum absolute atomic E-state index is 0.477. The quantitative estimate of drug-likeness (QED) is 0.721. The molecule has 1 aliphatic rings. The summed E-state index contributed by atoms with van der Waals surface area (Å²) < 4.78 is 1.92. The lowest BCUT2D eigenvalue weighted by Crippen LogP contribution is -2.35. The van der Waals surface area contributed by atoms with Gasteiger partial charge in [0.05, 0.1) is 5.69 Å². The molecular formula is C21H27N5. The number of hydrogen-bond acceptors (Lipinski definition) is 4. The summed E-state index contributed by atoms with van der Waals surface area (Å²) in [5, 5.41) is 4.40. The highest BCUT2D eigenvalue weighted by Gasteiger charge is 2.24. The van der Waals surface area contributed by atoms with Crippen LogP contribution in [0.4, 0.5) is 0 Å². The number of fused-ring (bicyclic) bond motifs is 1. The Hall–Kier alpha value is -2.27. The highest BCUT2D eigenvalue weighted by molar-refractivity contribution is 5.33. The smallest absolute Gasteiger partial charge is 0.252 e. The van der Waals surface area contributed by atoms with Gasteiger partial charge in [0.2, 0.25) is 0 Å². The van der Waals surface area contributed by atoms with Crippen LogP contribution in [0.15, 0.2) is 30.6 Å². The molecule has 3 aromatic rings. The van der Waals surface area contributed by atoms with Crippen LogP contribution in [-0.2, 0) is 13.0 Å². The molecule has 3 heterocycles. The second kappa shape index (κ2) is 7.16. The van der Waals surface area contributed by atoms with E-state index in [1.165, 1.54) is 35.2 Å². The van der Waals surface area contributed by atoms with Crippen LogP contribution in [0.2, 0.25) is 0 Å². The van der Waals surface area contributed by atoms with Crippen LogP contribution in [0.25, 0.3) is 5.78 Å². The third-order valence-electron chi connectivity index (χ3n) is 5.54. The zero-order chi connectivity index (χ0) is 18.1. The van der Waals surface area contributed by atoms with Gasteiger partial charge in [0.15, 0.2) is 0 Å². The van der Waals surface area contributed by atoms with Gasteiger partial charge in [-0.05, 0) is 62.4 Å². The second-order valence-electron chi connectivity index (χ2n) is 7.48. The van der Waals surface area contributed by atoms with E-state index in [9.17, 15) is 0 Å². The van der Waals surface area contributed by atoms with Crippen LogP contribution in [0, 0.1) is 13.8 Å². The Kier molecular flexibility index (Phi) is 4.72. The van der Waals surface area contributed by atoms with Crippen molar-refractivity contribution in [2.45, 2.75) is 52.5 Å². The summed E-state index contributed by atoms with van der Waals surface area (Å²) in [6, 6.07) is 9.10. The van der Waals surface area contributed by atoms with E-state index < -0.39 is 0 Å². The summed E-state index contributed by atoms with van der Waals surface area (Å²) in [5.41, 5.74) is 6.53. The van der Waals surface area contributed by atoms with Crippen molar-refractivity contribution in [2.75, 3.05) is 13.1 Å². The molecule has 1 atom stereocenters. The van der Waals surface area contributed by atoms with Crippen LogP contribution in [0.5, 0.6) is 0 Å². The van der Waals surface area contributed by atoms with Gasteiger partial charge in [-0.25, -0.2) is 9.50 Å². The zero-order valence-electron chi connectivity index (χ0n) is 15.9. The topological polar surface area (TPSA) is 46.3 Å². The van der Waals surface area contributed by atoms with Gasteiger partial charge in [-0.15, -0.1) is 0 Å². The SMILES string of the molecule is CCc1ccc(CN2CCCC(c3cc(C)nc4ncnn34)C2)c(C)c1. The minimum Gasteiger partial charge on any atom is -0.298 e. The van der Waals surface area contributed by atoms with Crippen LogP contribution in [0.1, 0.15) is 53.8 Å². The molecule has 1 saturated heterocycles. The first-order valence-corrected chi connectivity index (χ1v) is 9.62. The summed E-state index contributed by atoms with van der Waals surface area (Å²) in [5.74, 6) is 1.19. The molecule has 26 heavy (non-hydrogen) atoms. The van der Waals surface area contributed by atoms with Crippen molar-refractivity contribution in [3.63, 3.8) is 0 Å². The summed E-state index contributed by atoms with van der Waals surface area (Å²) >= 11 is 0. The molecule has 1 aromatic carbocycles. The van der Waals surface area contributed by atoms with Crippen LogP contribution in [-0.4, -0.2) is 37.6 Å². The van der Waals surface area contributed by atoms with Gasteiger partial charge in [-0.1, -0.05) is 25.1 Å². The highest BCUT2D eigenvalue weighted by atomic mass is 15.3. The average molecular weight is 349 g/mol. The Morgan fingerprint density at radius 3 is 2.88 bits per heavy atom. The first kappa shape index (κ1) is 17.2. The summed E-state index contributed by atoms with van der Waals surface area (Å²) in [4.78, 5) is 11.3. The van der Waals surface area contributed by atoms with Gasteiger partial charge in [0.25, 0.3) is 5.78 Å². The predicted octanol–water partition coefficient (Wildman–Crippen LogP) is 3.68. The number of piperidine rings is 1. The fraction of sp³-hybridized carbons (Fsp3) is 0.476. The average Bonchev–Trinajstić information content (AvgIpc) is 3.11. The third-order valence-corrected chi connectivity index (χ3v) is 5.54. The number of hydrogen-bond donors (Lipinski definition) is 0. The first-order chi connectivity index (χ1) is 12.6. The van der Waals surface area contributed by atoms with Gasteiger partial charge in [-0.3, -0.25) is 4.90 Å². The van der Waals surface area contributed by atoms with E-state index in [-0.39, 0.29) is 0 Å². The summed E-state index contributed by atoms with van der Waals surface area (Å²) in [6.45, 7) is 9.74. The molecule has 0 radical (unpaired) electrons. The molecule has 5 nitrogen and oxygen atoms in total. The lowest BCUT2D eigenvalue weighted by atomic mass is 9.93. The Balaban J connectivity index is 1.55. The zero-order valence-corrected chi connectivity index (χ0v) is 15.9. The number of likely N-dealkylation sites (tertiary alicyclic amines) is 1. The molecule has 0 saturated carbocycles. The second-order valence-corrected chi connectivity index (χ2v) is 7.48. The molecule has 0 aliphatic carbocycles. The van der Waals surface area contributed by atoms with Crippen molar-refractivity contribution in [1.82, 2.24) is 24.5 Å². The van der Waals surface area contributed by atoms with Gasteiger partial charge in [0.1, 0.15) is 6.33 Å². The van der Waals surface area contributed by atoms with Crippen molar-refractivity contribution in [3.8, 4) is 0 Å². The lowest BCUT2D eigenvalue weighted by Gasteiger charge is -2.33. The van der Waals surface area contributed by atoms with Gasteiger partial charge < -0.3 is 0 Å². The van der Waals surface area contributed by atoms with Crippen molar-refractivity contribution < 1.29 is 0 Å². The molecule has 5 heteroatoms. The molecule has 136 valence electrons. The predicted molar refractivity (Wildman–Crippen MR) is 103 cm³/mol. The van der Waals surface area contributed by atoms with Crippen LogP contribution >= 0.6 is 0 Å². The van der Waals surface area contributed by atoms with E-state index in [2.05, 4.69) is 58.1 Å². The van der Waals surface area contributed by atoms with Crippen molar-refractivity contribution in [1.29, 1.82) is 0 Å². The maximum absolute atomic E-state index is 4.48. The summed E-state index contributed by atoms with van der Waals surface area (Å²) in [6.07, 6.45) is 5.11. The number of benzene rings is 1. The Morgan fingerprint density at radius 1 is 1.19 bits per heavy atom.